The van der Waals surface area contributed by atoms with Crippen molar-refractivity contribution in [2.24, 2.45) is 0 Å². The number of rotatable bonds is 6. The molecular weight excluding hydrogens is 284 g/mol. The second-order valence-corrected chi connectivity index (χ2v) is 4.62. The molecule has 0 aliphatic rings. The number of halogens is 1. The first-order valence-corrected chi connectivity index (χ1v) is 6.12. The zero-order valence-corrected chi connectivity index (χ0v) is 11.2. The van der Waals surface area contributed by atoms with Gasteiger partial charge >= 0.3 is 5.97 Å². The molecule has 1 rings (SSSR count). The Morgan fingerprint density at radius 3 is 2.53 bits per heavy atom. The highest BCUT2D eigenvalue weighted by molar-refractivity contribution is 9.10. The molecule has 4 heteroatoms. The lowest BCUT2D eigenvalue weighted by Gasteiger charge is -2.28. The molecular formula is C13H15BrO3. The second-order valence-electron chi connectivity index (χ2n) is 3.70. The highest BCUT2D eigenvalue weighted by Crippen LogP contribution is 2.26. The van der Waals surface area contributed by atoms with Gasteiger partial charge in [-0.2, -0.15) is 0 Å². The number of benzene rings is 1. The Kier molecular flexibility index (Phi) is 4.75. The predicted molar refractivity (Wildman–Crippen MR) is 70.2 cm³/mol. The van der Waals surface area contributed by atoms with Crippen molar-refractivity contribution in [3.8, 4) is 5.75 Å². The van der Waals surface area contributed by atoms with Gasteiger partial charge in [-0.05, 0) is 30.7 Å². The Morgan fingerprint density at radius 1 is 1.53 bits per heavy atom. The van der Waals surface area contributed by atoms with Crippen molar-refractivity contribution in [3.05, 3.63) is 41.4 Å². The minimum Gasteiger partial charge on any atom is -0.478 e. The van der Waals surface area contributed by atoms with Crippen LogP contribution < -0.4 is 4.74 Å². The first-order chi connectivity index (χ1) is 8.04. The summed E-state index contributed by atoms with van der Waals surface area (Å²) in [4.78, 5) is 11.3. The van der Waals surface area contributed by atoms with Crippen LogP contribution in [-0.4, -0.2) is 16.7 Å². The molecule has 0 saturated heterocycles. The summed E-state index contributed by atoms with van der Waals surface area (Å²) in [6.07, 6.45) is 2.22. The van der Waals surface area contributed by atoms with Crippen LogP contribution in [0.5, 0.6) is 5.75 Å². The van der Waals surface area contributed by atoms with Gasteiger partial charge in [0.25, 0.3) is 0 Å². The van der Waals surface area contributed by atoms with E-state index in [1.54, 1.807) is 25.1 Å². The molecule has 0 aliphatic heterocycles. The summed E-state index contributed by atoms with van der Waals surface area (Å²) in [6, 6.07) is 7.10. The van der Waals surface area contributed by atoms with Gasteiger partial charge in [-0.3, -0.25) is 0 Å². The van der Waals surface area contributed by atoms with Gasteiger partial charge in [-0.25, -0.2) is 4.79 Å². The van der Waals surface area contributed by atoms with Crippen LogP contribution in [0.3, 0.4) is 0 Å². The fraction of sp³-hybridized carbons (Fsp3) is 0.308. The third-order valence-electron chi connectivity index (χ3n) is 2.56. The van der Waals surface area contributed by atoms with Crippen molar-refractivity contribution in [1.29, 1.82) is 0 Å². The average molecular weight is 299 g/mol. The second kappa shape index (κ2) is 5.87. The summed E-state index contributed by atoms with van der Waals surface area (Å²) in [5, 5.41) is 9.29. The monoisotopic (exact) mass is 298 g/mol. The molecule has 1 aromatic carbocycles. The lowest BCUT2D eigenvalue weighted by Crippen LogP contribution is -2.43. The Morgan fingerprint density at radius 2 is 2.12 bits per heavy atom. The van der Waals surface area contributed by atoms with E-state index in [9.17, 15) is 9.90 Å². The zero-order valence-electron chi connectivity index (χ0n) is 9.65. The highest BCUT2D eigenvalue weighted by Gasteiger charge is 2.38. The minimum atomic E-state index is -1.23. The first-order valence-electron chi connectivity index (χ1n) is 5.33. The standard InChI is InChI=1S/C13H15BrO3/c1-3-9-13(4-2,12(15)16)17-11-7-5-10(14)6-8-11/h3,5-8H,1,4,9H2,2H3,(H,15,16). The van der Waals surface area contributed by atoms with E-state index >= 15 is 0 Å². The summed E-state index contributed by atoms with van der Waals surface area (Å²) in [5.41, 5.74) is -1.23. The SMILES string of the molecule is C=CCC(CC)(Oc1ccc(Br)cc1)C(=O)O. The van der Waals surface area contributed by atoms with Crippen LogP contribution in [0.4, 0.5) is 0 Å². The molecule has 0 fully saturated rings. The third-order valence-corrected chi connectivity index (χ3v) is 3.09. The third kappa shape index (κ3) is 3.33. The summed E-state index contributed by atoms with van der Waals surface area (Å²) in [5.74, 6) is -0.429. The molecule has 1 aromatic rings. The van der Waals surface area contributed by atoms with Gasteiger partial charge < -0.3 is 9.84 Å². The van der Waals surface area contributed by atoms with Crippen LogP contribution in [0.2, 0.25) is 0 Å². The molecule has 17 heavy (non-hydrogen) atoms. The van der Waals surface area contributed by atoms with E-state index in [4.69, 9.17) is 4.74 Å². The molecule has 1 N–H and O–H groups in total. The van der Waals surface area contributed by atoms with Gasteiger partial charge in [0.2, 0.25) is 5.60 Å². The zero-order chi connectivity index (χ0) is 12.9. The van der Waals surface area contributed by atoms with E-state index in [0.29, 0.717) is 12.2 Å². The van der Waals surface area contributed by atoms with Gasteiger partial charge in [0, 0.05) is 10.9 Å². The molecule has 0 heterocycles. The normalized spacial score (nSPS) is 13.8. The number of hydrogen-bond acceptors (Lipinski definition) is 2. The van der Waals surface area contributed by atoms with Crippen molar-refractivity contribution in [1.82, 2.24) is 0 Å². The Hall–Kier alpha value is -1.29. The Labute approximate surface area is 109 Å². The molecule has 1 unspecified atom stereocenters. The molecule has 0 radical (unpaired) electrons. The van der Waals surface area contributed by atoms with Crippen LogP contribution >= 0.6 is 15.9 Å². The predicted octanol–water partition coefficient (Wildman–Crippen LogP) is 3.64. The van der Waals surface area contributed by atoms with E-state index in [1.165, 1.54) is 0 Å². The molecule has 1 atom stereocenters. The maximum Gasteiger partial charge on any atom is 0.348 e. The highest BCUT2D eigenvalue weighted by atomic mass is 79.9. The van der Waals surface area contributed by atoms with Crippen LogP contribution in [0.15, 0.2) is 41.4 Å². The lowest BCUT2D eigenvalue weighted by atomic mass is 9.96. The number of hydrogen-bond donors (Lipinski definition) is 1. The topological polar surface area (TPSA) is 46.5 Å². The number of carboxylic acids is 1. The molecule has 0 aliphatic carbocycles. The summed E-state index contributed by atoms with van der Waals surface area (Å²) < 4.78 is 6.54. The summed E-state index contributed by atoms with van der Waals surface area (Å²) in [6.45, 7) is 5.37. The maximum absolute atomic E-state index is 11.3. The molecule has 3 nitrogen and oxygen atoms in total. The van der Waals surface area contributed by atoms with Crippen molar-refractivity contribution >= 4 is 21.9 Å². The molecule has 0 bridgehead atoms. The number of aliphatic carboxylic acids is 1. The van der Waals surface area contributed by atoms with Gasteiger partial charge in [0.1, 0.15) is 5.75 Å². The largest absolute Gasteiger partial charge is 0.478 e. The fourth-order valence-electron chi connectivity index (χ4n) is 1.50. The smallest absolute Gasteiger partial charge is 0.348 e. The fourth-order valence-corrected chi connectivity index (χ4v) is 1.77. The van der Waals surface area contributed by atoms with E-state index in [1.807, 2.05) is 12.1 Å². The van der Waals surface area contributed by atoms with Crippen molar-refractivity contribution < 1.29 is 14.6 Å². The quantitative estimate of drug-likeness (QED) is 0.816. The summed E-state index contributed by atoms with van der Waals surface area (Å²) in [7, 11) is 0. The van der Waals surface area contributed by atoms with Gasteiger partial charge in [0.05, 0.1) is 0 Å². The van der Waals surface area contributed by atoms with Crippen LogP contribution in [0.1, 0.15) is 19.8 Å². The number of carboxylic acid groups (broad SMARTS) is 1. The van der Waals surface area contributed by atoms with Crippen molar-refractivity contribution in [2.45, 2.75) is 25.4 Å². The van der Waals surface area contributed by atoms with Crippen LogP contribution in [0, 0.1) is 0 Å². The minimum absolute atomic E-state index is 0.273. The van der Waals surface area contributed by atoms with Crippen molar-refractivity contribution in [2.75, 3.05) is 0 Å². The van der Waals surface area contributed by atoms with Crippen LogP contribution in [0.25, 0.3) is 0 Å². The molecule has 0 spiro atoms. The molecule has 0 amide bonds. The van der Waals surface area contributed by atoms with Crippen molar-refractivity contribution in [3.63, 3.8) is 0 Å². The van der Waals surface area contributed by atoms with E-state index in [0.717, 1.165) is 4.47 Å². The summed E-state index contributed by atoms with van der Waals surface area (Å²) >= 11 is 3.31. The Bertz CT molecular complexity index is 400. The molecule has 92 valence electrons. The molecule has 0 saturated carbocycles. The van der Waals surface area contributed by atoms with Gasteiger partial charge in [-0.1, -0.05) is 28.9 Å². The average Bonchev–Trinajstić information content (AvgIpc) is 2.31. The Balaban J connectivity index is 2.96. The van der Waals surface area contributed by atoms with E-state index < -0.39 is 11.6 Å². The van der Waals surface area contributed by atoms with Crippen LogP contribution in [-0.2, 0) is 4.79 Å². The number of ether oxygens (including phenoxy) is 1. The van der Waals surface area contributed by atoms with E-state index in [-0.39, 0.29) is 6.42 Å². The van der Waals surface area contributed by atoms with E-state index in [2.05, 4.69) is 22.5 Å². The molecule has 0 aromatic heterocycles. The van der Waals surface area contributed by atoms with Gasteiger partial charge in [0.15, 0.2) is 0 Å². The first kappa shape index (κ1) is 13.8. The maximum atomic E-state index is 11.3. The lowest BCUT2D eigenvalue weighted by molar-refractivity contribution is -0.155. The van der Waals surface area contributed by atoms with Gasteiger partial charge in [-0.15, -0.1) is 6.58 Å². The number of carbonyl (C=O) groups is 1.